The van der Waals surface area contributed by atoms with Crippen molar-refractivity contribution >= 4 is 43.5 Å². The van der Waals surface area contributed by atoms with E-state index in [0.29, 0.717) is 24.6 Å². The van der Waals surface area contributed by atoms with Gasteiger partial charge in [0.15, 0.2) is 29.9 Å². The highest BCUT2D eigenvalue weighted by Gasteiger charge is 2.30. The van der Waals surface area contributed by atoms with E-state index >= 15 is 0 Å². The molecule has 0 unspecified atom stereocenters. The van der Waals surface area contributed by atoms with Crippen LogP contribution >= 0.6 is 0 Å². The highest BCUT2D eigenvalue weighted by Crippen LogP contribution is 2.05. The number of aldehydes is 4. The Hall–Kier alpha value is -3.75. The first kappa shape index (κ1) is 63.2. The molecule has 26 heteroatoms. The minimum absolute atomic E-state index is 0.0258. The maximum absolute atomic E-state index is 10.5. The molecule has 0 bridgehead atoms. The van der Waals surface area contributed by atoms with Crippen molar-refractivity contribution in [2.45, 2.75) is 67.6 Å². The Morgan fingerprint density at radius 3 is 1.09 bits per heavy atom. The van der Waals surface area contributed by atoms with Gasteiger partial charge in [0.05, 0.1) is 33.0 Å². The summed E-state index contributed by atoms with van der Waals surface area (Å²) in [6, 6.07) is 3.07. The standard InChI is InChI=1S/3C6H12O6.C6H6O3.2C2H4O2.CH2O/c3*7-1-3(9)5(11)6(12)4(10)2-8;7-3-5-1-2-6(4-8)9-5;2*3-1-2-4;1-2/h2*3,5-9,11-12H,1-2H2;1,3-6,8-12H,2H2;1-3,8H,4H2;2*1,4H,2H2;1H2/t2*3-,5-,6-;3-,4+,5+,6+;;;;/m110..../s1. The molecular weight excluding hydrogens is 764 g/mol. The third-order valence-electron chi connectivity index (χ3n) is 5.31. The number of furan rings is 1. The molecule has 55 heavy (non-hydrogen) atoms. The number of carbonyl (C=O) groups is 7. The van der Waals surface area contributed by atoms with Gasteiger partial charge in [-0.1, -0.05) is 0 Å². The minimum Gasteiger partial charge on any atom is -0.456 e. The predicted octanol–water partition coefficient (Wildman–Crippen LogP) is -11.4. The fraction of sp³-hybridized carbons (Fsp3) is 0.621. The molecule has 0 aliphatic heterocycles. The molecule has 0 aromatic carbocycles. The maximum Gasteiger partial charge on any atom is 0.189 e. The summed E-state index contributed by atoms with van der Waals surface area (Å²) in [5.74, 6) is -1.35. The smallest absolute Gasteiger partial charge is 0.189 e. The summed E-state index contributed by atoms with van der Waals surface area (Å²) >= 11 is 0. The summed E-state index contributed by atoms with van der Waals surface area (Å²) < 4.78 is 4.76. The van der Waals surface area contributed by atoms with Gasteiger partial charge >= 0.3 is 0 Å². The van der Waals surface area contributed by atoms with Crippen molar-refractivity contribution < 1.29 is 130 Å². The van der Waals surface area contributed by atoms with E-state index in [9.17, 15) is 19.2 Å². The highest BCUT2D eigenvalue weighted by atomic mass is 16.4. The van der Waals surface area contributed by atoms with Crippen molar-refractivity contribution in [1.29, 1.82) is 0 Å². The first-order chi connectivity index (χ1) is 25.8. The number of aliphatic hydroxyl groups excluding tert-OH is 18. The Morgan fingerprint density at radius 1 is 0.564 bits per heavy atom. The number of ketones is 2. The average molecular weight is 817 g/mol. The Morgan fingerprint density at radius 2 is 0.891 bits per heavy atom. The predicted molar refractivity (Wildman–Crippen MR) is 175 cm³/mol. The summed E-state index contributed by atoms with van der Waals surface area (Å²) in [5.41, 5.74) is 0. The molecule has 1 aromatic rings. The lowest BCUT2D eigenvalue weighted by Crippen LogP contribution is -2.46. The zero-order valence-electron chi connectivity index (χ0n) is 28.9. The number of hydrogen-bond acceptors (Lipinski definition) is 26. The SMILES string of the molecule is C=O.O=C(CO)[C@@H](O)[C@H](O)[C@H](O)CO.O=C(CO)[C@@H](O)[C@H](O)[C@H](O)CO.O=CCO.O=CCO.O=C[C@H](O)[C@@H](O)[C@H](O)[C@H](O)CO.O=Cc1ccc(CO)o1. The van der Waals surface area contributed by atoms with Gasteiger partial charge in [0, 0.05) is 0 Å². The monoisotopic (exact) mass is 816 g/mol. The van der Waals surface area contributed by atoms with E-state index < -0.39 is 106 Å². The van der Waals surface area contributed by atoms with Gasteiger partial charge in [-0.3, -0.25) is 14.4 Å². The molecule has 0 saturated heterocycles. The zero-order valence-corrected chi connectivity index (χ0v) is 28.9. The molecule has 10 atom stereocenters. The molecule has 324 valence electrons. The van der Waals surface area contributed by atoms with Crippen LogP contribution in [0.15, 0.2) is 16.5 Å². The average Bonchev–Trinajstić information content (AvgIpc) is 3.73. The third-order valence-corrected chi connectivity index (χ3v) is 5.31. The third kappa shape index (κ3) is 33.3. The van der Waals surface area contributed by atoms with Crippen molar-refractivity contribution in [1.82, 2.24) is 0 Å². The quantitative estimate of drug-likeness (QED) is 0.0576. The molecule has 1 heterocycles. The summed E-state index contributed by atoms with van der Waals surface area (Å²) in [6.07, 6.45) is -15.8. The van der Waals surface area contributed by atoms with E-state index in [1.165, 1.54) is 6.07 Å². The fourth-order valence-corrected chi connectivity index (χ4v) is 2.37. The molecule has 1 rings (SSSR count). The van der Waals surface area contributed by atoms with Crippen molar-refractivity contribution in [3.8, 4) is 0 Å². The van der Waals surface area contributed by atoms with Gasteiger partial charge in [-0.25, -0.2) is 0 Å². The number of rotatable bonds is 19. The van der Waals surface area contributed by atoms with Crippen LogP contribution in [0.25, 0.3) is 0 Å². The molecule has 18 N–H and O–H groups in total. The lowest BCUT2D eigenvalue weighted by Gasteiger charge is -2.22. The topological polar surface area (TPSA) is 497 Å². The zero-order chi connectivity index (χ0) is 44.7. The molecule has 0 radical (unpaired) electrons. The number of carbonyl (C=O) groups excluding carboxylic acids is 7. The van der Waals surface area contributed by atoms with E-state index in [2.05, 4.69) is 0 Å². The first-order valence-corrected chi connectivity index (χ1v) is 14.7. The molecule has 0 fully saturated rings. The Bertz CT molecular complexity index is 1030. The van der Waals surface area contributed by atoms with Gasteiger partial charge in [0.2, 0.25) is 0 Å². The van der Waals surface area contributed by atoms with Crippen molar-refractivity contribution in [3.05, 3.63) is 23.7 Å². The Balaban J connectivity index is -0.000000135. The van der Waals surface area contributed by atoms with Crippen LogP contribution in [0.4, 0.5) is 0 Å². The van der Waals surface area contributed by atoms with Crippen molar-refractivity contribution in [2.75, 3.05) is 46.2 Å². The molecule has 0 aliphatic rings. The molecule has 0 spiro atoms. The Kier molecular flexibility index (Phi) is 49.4. The van der Waals surface area contributed by atoms with Gasteiger partial charge in [0.25, 0.3) is 0 Å². The van der Waals surface area contributed by atoms with E-state index in [0.717, 1.165) is 0 Å². The normalized spacial score (nSPS) is 15.2. The summed E-state index contributed by atoms with van der Waals surface area (Å²) in [6.45, 7) is -3.02. The van der Waals surface area contributed by atoms with E-state index in [4.69, 9.17) is 111 Å². The van der Waals surface area contributed by atoms with E-state index in [1.807, 2.05) is 6.79 Å². The maximum atomic E-state index is 10.5. The minimum atomic E-state index is -1.86. The highest BCUT2D eigenvalue weighted by molar-refractivity contribution is 5.84. The van der Waals surface area contributed by atoms with Crippen LogP contribution in [0.2, 0.25) is 0 Å². The second kappa shape index (κ2) is 43.0. The van der Waals surface area contributed by atoms with Crippen LogP contribution in [-0.2, 0) is 35.4 Å². The second-order valence-corrected chi connectivity index (χ2v) is 9.26. The lowest BCUT2D eigenvalue weighted by molar-refractivity contribution is -0.143. The van der Waals surface area contributed by atoms with Gasteiger partial charge in [-0.05, 0) is 12.1 Å². The molecule has 1 aromatic heterocycles. The molecule has 26 nitrogen and oxygen atoms in total. The van der Waals surface area contributed by atoms with Crippen LogP contribution in [0.1, 0.15) is 16.3 Å². The van der Waals surface area contributed by atoms with Gasteiger partial charge < -0.3 is 116 Å². The van der Waals surface area contributed by atoms with Crippen molar-refractivity contribution in [2.24, 2.45) is 0 Å². The fourth-order valence-electron chi connectivity index (χ4n) is 2.37. The largest absolute Gasteiger partial charge is 0.456 e. The van der Waals surface area contributed by atoms with Crippen LogP contribution in [0, 0.1) is 0 Å². The van der Waals surface area contributed by atoms with Crippen LogP contribution < -0.4 is 0 Å². The van der Waals surface area contributed by atoms with Gasteiger partial charge in [-0.15, -0.1) is 0 Å². The van der Waals surface area contributed by atoms with Crippen molar-refractivity contribution in [3.63, 3.8) is 0 Å². The van der Waals surface area contributed by atoms with Crippen LogP contribution in [-0.4, -0.2) is 243 Å². The molecule has 0 aliphatic carbocycles. The second-order valence-electron chi connectivity index (χ2n) is 9.26. The Labute approximate surface area is 311 Å². The van der Waals surface area contributed by atoms with E-state index in [1.54, 1.807) is 6.07 Å². The van der Waals surface area contributed by atoms with Crippen LogP contribution in [0.3, 0.4) is 0 Å². The first-order valence-electron chi connectivity index (χ1n) is 14.7. The number of Topliss-reactive ketones (excluding diaryl/α,β-unsaturated/α-hetero) is 2. The number of hydrogen-bond donors (Lipinski definition) is 18. The summed E-state index contributed by atoms with van der Waals surface area (Å²) in [7, 11) is 0. The summed E-state index contributed by atoms with van der Waals surface area (Å²) in [5, 5.41) is 153. The molecule has 0 amide bonds. The van der Waals surface area contributed by atoms with Crippen LogP contribution in [0.5, 0.6) is 0 Å². The lowest BCUT2D eigenvalue weighted by atomic mass is 10.0. The summed E-state index contributed by atoms with van der Waals surface area (Å²) in [4.78, 5) is 66.7. The molecular formula is C29H52O26. The van der Waals surface area contributed by atoms with Gasteiger partial charge in [-0.2, -0.15) is 0 Å². The molecule has 0 saturated carbocycles. The van der Waals surface area contributed by atoms with E-state index in [-0.39, 0.29) is 31.9 Å². The van der Waals surface area contributed by atoms with Gasteiger partial charge in [0.1, 0.15) is 106 Å². The number of aliphatic hydroxyl groups is 18.